The average Bonchev–Trinajstić information content (AvgIpc) is 2.61. The van der Waals surface area contributed by atoms with Gasteiger partial charge in [0.15, 0.2) is 6.61 Å². The third-order valence-electron chi connectivity index (χ3n) is 3.62. The van der Waals surface area contributed by atoms with Gasteiger partial charge in [-0.1, -0.05) is 54.3 Å². The number of nitrogens with zero attached hydrogens (tertiary/aromatic N) is 1. The summed E-state index contributed by atoms with van der Waals surface area (Å²) >= 11 is 15.3. The standard InChI is InChI=1S/C19H19BrCl2N2O3/c1-11(2)12-4-6-17(15(20)7-12)26-10-19(25)27-24-18(23)8-13-3-5-14(21)9-16(13)22/h3-7,9,11H,8,10H2,1-2H3,(H2,23,24). The number of ether oxygens (including phenoxy) is 1. The van der Waals surface area contributed by atoms with Crippen LogP contribution in [0.15, 0.2) is 46.0 Å². The molecule has 0 aliphatic rings. The fraction of sp³-hybridized carbons (Fsp3) is 0.263. The van der Waals surface area contributed by atoms with Crippen LogP contribution in [-0.2, 0) is 16.1 Å². The first-order valence-electron chi connectivity index (χ1n) is 8.14. The van der Waals surface area contributed by atoms with E-state index in [1.54, 1.807) is 24.3 Å². The van der Waals surface area contributed by atoms with Gasteiger partial charge in [-0.15, -0.1) is 0 Å². The molecule has 27 heavy (non-hydrogen) atoms. The van der Waals surface area contributed by atoms with Crippen LogP contribution in [0.5, 0.6) is 5.75 Å². The van der Waals surface area contributed by atoms with Crippen molar-refractivity contribution in [1.82, 2.24) is 0 Å². The molecule has 0 amide bonds. The van der Waals surface area contributed by atoms with Crippen molar-refractivity contribution in [2.24, 2.45) is 10.9 Å². The summed E-state index contributed by atoms with van der Waals surface area (Å²) in [4.78, 5) is 16.6. The summed E-state index contributed by atoms with van der Waals surface area (Å²) in [5.41, 5.74) is 7.66. The van der Waals surface area contributed by atoms with Crippen LogP contribution < -0.4 is 10.5 Å². The van der Waals surface area contributed by atoms with Crippen LogP contribution in [-0.4, -0.2) is 18.4 Å². The second kappa shape index (κ2) is 9.97. The second-order valence-corrected chi connectivity index (χ2v) is 7.79. The Balaban J connectivity index is 1.87. The molecular weight excluding hydrogens is 455 g/mol. The van der Waals surface area contributed by atoms with Gasteiger partial charge in [0.25, 0.3) is 0 Å². The summed E-state index contributed by atoms with van der Waals surface area (Å²) in [6.07, 6.45) is 0.229. The van der Waals surface area contributed by atoms with E-state index in [2.05, 4.69) is 34.9 Å². The van der Waals surface area contributed by atoms with E-state index in [9.17, 15) is 4.79 Å². The number of hydrogen-bond donors (Lipinski definition) is 1. The molecule has 0 heterocycles. The fourth-order valence-electron chi connectivity index (χ4n) is 2.16. The predicted molar refractivity (Wildman–Crippen MR) is 112 cm³/mol. The maximum Gasteiger partial charge on any atom is 0.372 e. The van der Waals surface area contributed by atoms with Crippen LogP contribution in [0.3, 0.4) is 0 Å². The molecule has 2 rings (SSSR count). The van der Waals surface area contributed by atoms with E-state index in [0.717, 1.165) is 15.6 Å². The Morgan fingerprint density at radius 3 is 2.59 bits per heavy atom. The number of amidine groups is 1. The van der Waals surface area contributed by atoms with Gasteiger partial charge in [0, 0.05) is 16.5 Å². The Morgan fingerprint density at radius 1 is 1.22 bits per heavy atom. The molecule has 2 N–H and O–H groups in total. The highest BCUT2D eigenvalue weighted by Gasteiger charge is 2.10. The van der Waals surface area contributed by atoms with Crippen molar-refractivity contribution in [3.63, 3.8) is 0 Å². The second-order valence-electron chi connectivity index (χ2n) is 6.09. The molecular formula is C19H19BrCl2N2O3. The first kappa shape index (κ1) is 21.5. The van der Waals surface area contributed by atoms with Crippen molar-refractivity contribution in [2.75, 3.05) is 6.61 Å². The molecule has 0 spiro atoms. The molecule has 0 radical (unpaired) electrons. The minimum Gasteiger partial charge on any atom is -0.481 e. The van der Waals surface area contributed by atoms with Gasteiger partial charge in [-0.05, 0) is 57.2 Å². The fourth-order valence-corrected chi connectivity index (χ4v) is 3.14. The van der Waals surface area contributed by atoms with Crippen molar-refractivity contribution < 1.29 is 14.4 Å². The van der Waals surface area contributed by atoms with Crippen molar-refractivity contribution in [1.29, 1.82) is 0 Å². The van der Waals surface area contributed by atoms with Gasteiger partial charge >= 0.3 is 5.97 Å². The maximum atomic E-state index is 11.8. The van der Waals surface area contributed by atoms with Gasteiger partial charge in [0.05, 0.1) is 4.47 Å². The summed E-state index contributed by atoms with van der Waals surface area (Å²) in [6, 6.07) is 10.7. The Bertz CT molecular complexity index is 857. The number of benzene rings is 2. The smallest absolute Gasteiger partial charge is 0.372 e. The highest BCUT2D eigenvalue weighted by Crippen LogP contribution is 2.28. The lowest BCUT2D eigenvalue weighted by molar-refractivity contribution is -0.146. The lowest BCUT2D eigenvalue weighted by Gasteiger charge is -2.10. The number of rotatable bonds is 7. The number of hydrogen-bond acceptors (Lipinski definition) is 4. The maximum absolute atomic E-state index is 11.8. The van der Waals surface area contributed by atoms with E-state index in [0.29, 0.717) is 21.7 Å². The molecule has 144 valence electrons. The highest BCUT2D eigenvalue weighted by molar-refractivity contribution is 9.10. The minimum absolute atomic E-state index is 0.107. The Kier molecular flexibility index (Phi) is 7.95. The molecule has 0 saturated carbocycles. The molecule has 2 aromatic rings. The van der Waals surface area contributed by atoms with E-state index in [-0.39, 0.29) is 18.9 Å². The van der Waals surface area contributed by atoms with Crippen LogP contribution in [0, 0.1) is 0 Å². The first-order valence-corrected chi connectivity index (χ1v) is 9.69. The molecule has 0 bridgehead atoms. The van der Waals surface area contributed by atoms with Gasteiger partial charge < -0.3 is 15.3 Å². The predicted octanol–water partition coefficient (Wildman–Crippen LogP) is 5.32. The highest BCUT2D eigenvalue weighted by atomic mass is 79.9. The number of oxime groups is 1. The minimum atomic E-state index is -0.667. The zero-order valence-corrected chi connectivity index (χ0v) is 17.9. The van der Waals surface area contributed by atoms with Crippen LogP contribution in [0.4, 0.5) is 0 Å². The van der Waals surface area contributed by atoms with Gasteiger partial charge in [-0.25, -0.2) is 4.79 Å². The summed E-state index contributed by atoms with van der Waals surface area (Å²) in [6.45, 7) is 3.90. The van der Waals surface area contributed by atoms with E-state index in [1.807, 2.05) is 12.1 Å². The third kappa shape index (κ3) is 6.72. The summed E-state index contributed by atoms with van der Waals surface area (Å²) in [5.74, 6) is 0.378. The van der Waals surface area contributed by atoms with Crippen LogP contribution in [0.1, 0.15) is 30.9 Å². The summed E-state index contributed by atoms with van der Waals surface area (Å²) in [5, 5.41) is 4.60. The molecule has 5 nitrogen and oxygen atoms in total. The lowest BCUT2D eigenvalue weighted by atomic mass is 10.0. The van der Waals surface area contributed by atoms with Crippen molar-refractivity contribution in [2.45, 2.75) is 26.2 Å². The Labute approximate surface area is 176 Å². The normalized spacial score (nSPS) is 11.6. The van der Waals surface area contributed by atoms with Crippen LogP contribution in [0.25, 0.3) is 0 Å². The SMILES string of the molecule is CC(C)c1ccc(OCC(=O)O/N=C(\N)Cc2ccc(Cl)cc2Cl)c(Br)c1. The Morgan fingerprint density at radius 2 is 1.96 bits per heavy atom. The monoisotopic (exact) mass is 472 g/mol. The number of nitrogens with two attached hydrogens (primary N) is 1. The number of carbonyl (C=O) groups is 1. The van der Waals surface area contributed by atoms with Crippen LogP contribution in [0.2, 0.25) is 10.0 Å². The molecule has 8 heteroatoms. The van der Waals surface area contributed by atoms with Crippen molar-refractivity contribution >= 4 is 50.9 Å². The molecule has 0 unspecified atom stereocenters. The molecule has 0 aliphatic heterocycles. The largest absolute Gasteiger partial charge is 0.481 e. The van der Waals surface area contributed by atoms with E-state index < -0.39 is 5.97 Å². The average molecular weight is 474 g/mol. The van der Waals surface area contributed by atoms with Gasteiger partial charge in [0.1, 0.15) is 11.6 Å². The van der Waals surface area contributed by atoms with Crippen molar-refractivity contribution in [3.05, 3.63) is 62.0 Å². The summed E-state index contributed by atoms with van der Waals surface area (Å²) in [7, 11) is 0. The number of carbonyl (C=O) groups excluding carboxylic acids is 1. The van der Waals surface area contributed by atoms with Crippen molar-refractivity contribution in [3.8, 4) is 5.75 Å². The molecule has 0 aliphatic carbocycles. The van der Waals surface area contributed by atoms with E-state index in [4.69, 9.17) is 38.5 Å². The summed E-state index contributed by atoms with van der Waals surface area (Å²) < 4.78 is 6.21. The van der Waals surface area contributed by atoms with E-state index >= 15 is 0 Å². The first-order chi connectivity index (χ1) is 12.8. The number of halogens is 3. The van der Waals surface area contributed by atoms with Gasteiger partial charge in [-0.2, -0.15) is 0 Å². The van der Waals surface area contributed by atoms with E-state index in [1.165, 1.54) is 0 Å². The topological polar surface area (TPSA) is 73.9 Å². The molecule has 0 atom stereocenters. The lowest BCUT2D eigenvalue weighted by Crippen LogP contribution is -2.19. The third-order valence-corrected chi connectivity index (χ3v) is 4.83. The Hall–Kier alpha value is -1.76. The molecule has 0 aromatic heterocycles. The van der Waals surface area contributed by atoms with Gasteiger partial charge in [0.2, 0.25) is 0 Å². The van der Waals surface area contributed by atoms with Crippen LogP contribution >= 0.6 is 39.1 Å². The molecule has 0 saturated heterocycles. The zero-order chi connectivity index (χ0) is 20.0. The molecule has 0 fully saturated rings. The van der Waals surface area contributed by atoms with Gasteiger partial charge in [-0.3, -0.25) is 0 Å². The quantitative estimate of drug-likeness (QED) is 0.255. The molecule has 2 aromatic carbocycles. The zero-order valence-electron chi connectivity index (χ0n) is 14.8.